The van der Waals surface area contributed by atoms with Crippen molar-refractivity contribution in [1.29, 1.82) is 0 Å². The van der Waals surface area contributed by atoms with Gasteiger partial charge in [-0.3, -0.25) is 9.79 Å². The van der Waals surface area contributed by atoms with Crippen molar-refractivity contribution in [2.45, 2.75) is 0 Å². The molecule has 0 bridgehead atoms. The predicted octanol–water partition coefficient (Wildman–Crippen LogP) is 2.08. The maximum absolute atomic E-state index is 11.6. The van der Waals surface area contributed by atoms with Gasteiger partial charge in [-0.25, -0.2) is 4.68 Å². The normalized spacial score (nSPS) is 14.0. The van der Waals surface area contributed by atoms with Crippen LogP contribution >= 0.6 is 11.3 Å². The summed E-state index contributed by atoms with van der Waals surface area (Å²) in [6, 6.07) is 8.07. The lowest BCUT2D eigenvalue weighted by Crippen LogP contribution is -2.25. The van der Waals surface area contributed by atoms with E-state index >= 15 is 0 Å². The van der Waals surface area contributed by atoms with Gasteiger partial charge in [-0.1, -0.05) is 0 Å². The van der Waals surface area contributed by atoms with Crippen LogP contribution in [0, 0.1) is 0 Å². The fraction of sp³-hybridized carbons (Fsp3) is 0.105. The molecular formula is C19H16N4O5S. The van der Waals surface area contributed by atoms with Crippen LogP contribution in [0.4, 0.5) is 5.69 Å². The van der Waals surface area contributed by atoms with E-state index in [9.17, 15) is 20.1 Å². The van der Waals surface area contributed by atoms with Crippen molar-refractivity contribution in [3.05, 3.63) is 46.1 Å². The molecule has 1 aliphatic heterocycles. The molecule has 1 amide bonds. The Balaban J connectivity index is 1.77. The molecule has 4 rings (SSSR count). The van der Waals surface area contributed by atoms with Crippen LogP contribution in [-0.4, -0.2) is 45.8 Å². The number of phenols is 3. The molecule has 9 nitrogen and oxygen atoms in total. The number of rotatable bonds is 3. The van der Waals surface area contributed by atoms with Crippen LogP contribution in [-0.2, 0) is 4.79 Å². The van der Waals surface area contributed by atoms with Gasteiger partial charge in [0, 0.05) is 23.6 Å². The van der Waals surface area contributed by atoms with Crippen molar-refractivity contribution in [1.82, 2.24) is 4.68 Å². The topological polar surface area (TPSA) is 129 Å². The zero-order chi connectivity index (χ0) is 20.5. The highest BCUT2D eigenvalue weighted by atomic mass is 32.1. The summed E-state index contributed by atoms with van der Waals surface area (Å²) in [7, 11) is 1.63. The molecule has 0 fully saturated rings. The lowest BCUT2D eigenvalue weighted by Gasteiger charge is -2.18. The number of carbonyl (C=O) groups excluding carboxylic acids is 1. The number of benzene rings is 2. The van der Waals surface area contributed by atoms with Gasteiger partial charge in [0.05, 0.1) is 17.6 Å². The highest BCUT2D eigenvalue weighted by Crippen LogP contribution is 2.36. The maximum Gasteiger partial charge on any atom is 0.262 e. The van der Waals surface area contributed by atoms with E-state index in [1.54, 1.807) is 23.9 Å². The average Bonchev–Trinajstić information content (AvgIpc) is 3.14. The molecular weight excluding hydrogens is 396 g/mol. The third kappa shape index (κ3) is 3.41. The molecule has 2 heterocycles. The minimum atomic E-state index is -0.615. The molecule has 148 valence electrons. The van der Waals surface area contributed by atoms with Gasteiger partial charge >= 0.3 is 0 Å². The zero-order valence-corrected chi connectivity index (χ0v) is 16.0. The van der Waals surface area contributed by atoms with Gasteiger partial charge in [-0.05, 0) is 30.3 Å². The van der Waals surface area contributed by atoms with Crippen molar-refractivity contribution in [3.8, 4) is 34.3 Å². The van der Waals surface area contributed by atoms with Gasteiger partial charge < -0.3 is 25.4 Å². The Morgan fingerprint density at radius 2 is 2.03 bits per heavy atom. The van der Waals surface area contributed by atoms with Gasteiger partial charge in [0.1, 0.15) is 5.75 Å². The van der Waals surface area contributed by atoms with Crippen LogP contribution in [0.2, 0.25) is 0 Å². The fourth-order valence-electron chi connectivity index (χ4n) is 2.81. The molecule has 0 atom stereocenters. The fourth-order valence-corrected chi connectivity index (χ4v) is 3.62. The number of fused-ring (bicyclic) bond motifs is 1. The van der Waals surface area contributed by atoms with Crippen LogP contribution < -0.4 is 14.9 Å². The lowest BCUT2D eigenvalue weighted by atomic mass is 10.1. The number of aromatic hydroxyl groups is 3. The van der Waals surface area contributed by atoms with E-state index in [4.69, 9.17) is 4.74 Å². The van der Waals surface area contributed by atoms with E-state index in [1.165, 1.54) is 29.7 Å². The number of anilines is 1. The minimum Gasteiger partial charge on any atom is -0.504 e. The number of carbonyl (C=O) groups is 1. The molecule has 1 aliphatic rings. The molecule has 1 aromatic heterocycles. The summed E-state index contributed by atoms with van der Waals surface area (Å²) < 4.78 is 6.96. The number of hydrogen-bond acceptors (Lipinski definition) is 8. The Bertz CT molecular complexity index is 1210. The molecule has 0 saturated carbocycles. The Labute approximate surface area is 168 Å². The molecule has 0 saturated heterocycles. The predicted molar refractivity (Wildman–Crippen MR) is 108 cm³/mol. The molecule has 0 radical (unpaired) electrons. The third-order valence-electron chi connectivity index (χ3n) is 4.26. The van der Waals surface area contributed by atoms with Crippen molar-refractivity contribution in [3.63, 3.8) is 0 Å². The quantitative estimate of drug-likeness (QED) is 0.387. The van der Waals surface area contributed by atoms with Crippen molar-refractivity contribution >= 4 is 29.1 Å². The number of phenolic OH excluding ortho intramolecular Hbond substituents is 3. The minimum absolute atomic E-state index is 0.0169. The summed E-state index contributed by atoms with van der Waals surface area (Å²) in [5.74, 6) is -1.16. The Morgan fingerprint density at radius 1 is 1.21 bits per heavy atom. The van der Waals surface area contributed by atoms with Gasteiger partial charge in [-0.15, -0.1) is 11.3 Å². The second-order valence-corrected chi connectivity index (χ2v) is 6.94. The van der Waals surface area contributed by atoms with Crippen LogP contribution in [0.5, 0.6) is 23.0 Å². The summed E-state index contributed by atoms with van der Waals surface area (Å²) >= 11 is 1.37. The second-order valence-electron chi connectivity index (χ2n) is 6.10. The number of hydrogen-bond donors (Lipinski definition) is 4. The highest BCUT2D eigenvalue weighted by Gasteiger charge is 2.18. The molecule has 29 heavy (non-hydrogen) atoms. The molecule has 0 unspecified atom stereocenters. The van der Waals surface area contributed by atoms with E-state index in [0.717, 1.165) is 5.56 Å². The first-order chi connectivity index (χ1) is 14.0. The summed E-state index contributed by atoms with van der Waals surface area (Å²) in [6.07, 6.45) is 1.35. The number of ether oxygens (including phenoxy) is 1. The lowest BCUT2D eigenvalue weighted by molar-refractivity contribution is -0.118. The first kappa shape index (κ1) is 18.6. The number of thiazole rings is 1. The van der Waals surface area contributed by atoms with Crippen LogP contribution in [0.3, 0.4) is 0 Å². The van der Waals surface area contributed by atoms with E-state index in [2.05, 4.69) is 15.4 Å². The highest BCUT2D eigenvalue weighted by molar-refractivity contribution is 7.07. The largest absolute Gasteiger partial charge is 0.504 e. The van der Waals surface area contributed by atoms with Gasteiger partial charge in [0.2, 0.25) is 10.6 Å². The number of amides is 1. The molecule has 4 N–H and O–H groups in total. The number of nitrogens with one attached hydrogen (secondary N) is 1. The SMILES string of the molecule is CN=c1scc(-c2ccc3c(c2)NC(=O)CO3)n1N=Cc1ccc(O)c(O)c1O. The summed E-state index contributed by atoms with van der Waals surface area (Å²) in [5, 5.41) is 38.1. The van der Waals surface area contributed by atoms with Gasteiger partial charge in [0.15, 0.2) is 18.1 Å². The number of aromatic nitrogens is 1. The molecule has 3 aromatic rings. The standard InChI is InChI=1S/C19H16N4O5S/c1-20-19-23(21-7-11-2-4-14(24)18(27)17(11)26)13(9-29-19)10-3-5-15-12(6-10)22-16(25)8-28-15/h2-7,9,24,26-27H,8H2,1H3,(H,22,25). The molecule has 0 spiro atoms. The second kappa shape index (κ2) is 7.32. The van der Waals surface area contributed by atoms with Crippen LogP contribution in [0.1, 0.15) is 5.56 Å². The number of nitrogens with zero attached hydrogens (tertiary/aromatic N) is 3. The summed E-state index contributed by atoms with van der Waals surface area (Å²) in [5.41, 5.74) is 2.27. The van der Waals surface area contributed by atoms with E-state index in [0.29, 0.717) is 21.9 Å². The van der Waals surface area contributed by atoms with Crippen LogP contribution in [0.25, 0.3) is 11.3 Å². The Hall–Kier alpha value is -3.79. The van der Waals surface area contributed by atoms with E-state index in [1.807, 2.05) is 11.4 Å². The smallest absolute Gasteiger partial charge is 0.262 e. The maximum atomic E-state index is 11.6. The van der Waals surface area contributed by atoms with Crippen molar-refractivity contribution < 1.29 is 24.9 Å². The monoisotopic (exact) mass is 412 g/mol. The molecule has 10 heteroatoms. The Kier molecular flexibility index (Phi) is 4.69. The van der Waals surface area contributed by atoms with Gasteiger partial charge in [0.25, 0.3) is 5.91 Å². The van der Waals surface area contributed by atoms with Gasteiger partial charge in [-0.2, -0.15) is 5.10 Å². The summed E-state index contributed by atoms with van der Waals surface area (Å²) in [4.78, 5) is 16.4. The molecule has 0 aliphatic carbocycles. The summed E-state index contributed by atoms with van der Waals surface area (Å²) in [6.45, 7) is -0.0169. The third-order valence-corrected chi connectivity index (χ3v) is 5.17. The van der Waals surface area contributed by atoms with Crippen molar-refractivity contribution in [2.24, 2.45) is 10.1 Å². The van der Waals surface area contributed by atoms with Crippen LogP contribution in [0.15, 0.2) is 45.8 Å². The average molecular weight is 412 g/mol. The Morgan fingerprint density at radius 3 is 2.83 bits per heavy atom. The van der Waals surface area contributed by atoms with Crippen molar-refractivity contribution in [2.75, 3.05) is 19.0 Å². The van der Waals surface area contributed by atoms with E-state index in [-0.39, 0.29) is 18.1 Å². The molecule has 2 aromatic carbocycles. The first-order valence-electron chi connectivity index (χ1n) is 8.46. The first-order valence-corrected chi connectivity index (χ1v) is 9.34. The zero-order valence-electron chi connectivity index (χ0n) is 15.2. The van der Waals surface area contributed by atoms with E-state index < -0.39 is 17.2 Å².